The number of phenols is 4. The summed E-state index contributed by atoms with van der Waals surface area (Å²) in [5.41, 5.74) is -1.78. The Hall–Kier alpha value is -5.79. The zero-order valence-corrected chi connectivity index (χ0v) is 22.8. The Labute approximate surface area is 243 Å². The molecule has 2 atom stereocenters. The summed E-state index contributed by atoms with van der Waals surface area (Å²) in [5.74, 6) is -6.14. The molecule has 0 radical (unpaired) electrons. The number of amides is 2. The van der Waals surface area contributed by atoms with Gasteiger partial charge in [-0.15, -0.1) is 0 Å². The number of phenolic OH excluding ortho intramolecular Hbond substituents is 4. The van der Waals surface area contributed by atoms with Crippen molar-refractivity contribution < 1.29 is 58.6 Å². The number of carbonyl (C=O) groups excluding carboxylic acids is 5. The molecule has 1 heterocycles. The molecule has 3 aromatic carbocycles. The highest BCUT2D eigenvalue weighted by Crippen LogP contribution is 2.35. The van der Waals surface area contributed by atoms with Crippen LogP contribution in [0.4, 0.5) is 4.79 Å². The van der Waals surface area contributed by atoms with E-state index in [4.69, 9.17) is 9.47 Å². The number of aromatic hydroxyl groups is 4. The number of ketones is 1. The van der Waals surface area contributed by atoms with E-state index in [1.165, 1.54) is 41.3 Å². The molecular formula is C29H26N2O12. The van der Waals surface area contributed by atoms with E-state index in [-0.39, 0.29) is 30.0 Å². The molecule has 1 aliphatic heterocycles. The van der Waals surface area contributed by atoms with Crippen molar-refractivity contribution in [3.8, 4) is 23.0 Å². The fraction of sp³-hybridized carbons (Fsp3) is 0.207. The zero-order chi connectivity index (χ0) is 31.4. The third-order valence-corrected chi connectivity index (χ3v) is 6.64. The first-order valence-corrected chi connectivity index (χ1v) is 12.6. The van der Waals surface area contributed by atoms with Gasteiger partial charge >= 0.3 is 18.0 Å². The van der Waals surface area contributed by atoms with Crippen LogP contribution in [-0.2, 0) is 14.2 Å². The molecule has 0 saturated carbocycles. The lowest BCUT2D eigenvalue weighted by Gasteiger charge is -2.20. The second kappa shape index (κ2) is 12.4. The number of likely N-dealkylation sites (tertiary alicyclic amines) is 1. The number of ether oxygens (including phenoxy) is 3. The van der Waals surface area contributed by atoms with Gasteiger partial charge in [-0.05, 0) is 48.5 Å². The summed E-state index contributed by atoms with van der Waals surface area (Å²) in [7, 11) is 2.22. The molecule has 5 N–H and O–H groups in total. The second-order valence-electron chi connectivity index (χ2n) is 9.36. The maximum Gasteiger partial charge on any atom is 0.409 e. The molecule has 14 nitrogen and oxygen atoms in total. The molecule has 1 saturated heterocycles. The fourth-order valence-electron chi connectivity index (χ4n) is 4.53. The largest absolute Gasteiger partial charge is 0.508 e. The smallest absolute Gasteiger partial charge is 0.409 e. The number of rotatable bonds is 7. The molecule has 0 aromatic heterocycles. The Balaban J connectivity index is 1.58. The van der Waals surface area contributed by atoms with Crippen LogP contribution < -0.4 is 5.32 Å². The molecule has 0 aliphatic carbocycles. The van der Waals surface area contributed by atoms with Crippen LogP contribution in [0.1, 0.15) is 47.0 Å². The minimum absolute atomic E-state index is 0.0511. The number of nitrogens with one attached hydrogen (secondary N) is 1. The van der Waals surface area contributed by atoms with Gasteiger partial charge in [-0.3, -0.25) is 9.59 Å². The summed E-state index contributed by atoms with van der Waals surface area (Å²) >= 11 is 0. The second-order valence-corrected chi connectivity index (χ2v) is 9.36. The molecule has 1 fully saturated rings. The van der Waals surface area contributed by atoms with Crippen molar-refractivity contribution in [3.63, 3.8) is 0 Å². The van der Waals surface area contributed by atoms with Crippen LogP contribution in [-0.4, -0.2) is 94.5 Å². The third-order valence-electron chi connectivity index (χ3n) is 6.64. The lowest BCUT2D eigenvalue weighted by molar-refractivity contribution is 0.0264. The quantitative estimate of drug-likeness (QED) is 0.151. The molecule has 14 heteroatoms. The zero-order valence-electron chi connectivity index (χ0n) is 22.8. The lowest BCUT2D eigenvalue weighted by atomic mass is 9.95. The van der Waals surface area contributed by atoms with Crippen molar-refractivity contribution >= 4 is 29.7 Å². The molecule has 2 amide bonds. The van der Waals surface area contributed by atoms with Crippen LogP contribution in [0.15, 0.2) is 54.6 Å². The first kappa shape index (κ1) is 30.2. The van der Waals surface area contributed by atoms with Gasteiger partial charge in [0.2, 0.25) is 5.78 Å². The lowest BCUT2D eigenvalue weighted by Crippen LogP contribution is -2.44. The van der Waals surface area contributed by atoms with E-state index in [9.17, 15) is 44.4 Å². The summed E-state index contributed by atoms with van der Waals surface area (Å²) in [6.07, 6.45) is -1.83. The van der Waals surface area contributed by atoms with Gasteiger partial charge in [0.25, 0.3) is 5.91 Å². The van der Waals surface area contributed by atoms with Crippen LogP contribution in [0.25, 0.3) is 0 Å². The topological polar surface area (TPSA) is 209 Å². The molecule has 4 rings (SSSR count). The minimum Gasteiger partial charge on any atom is -0.508 e. The molecule has 0 spiro atoms. The van der Waals surface area contributed by atoms with Crippen molar-refractivity contribution in [2.75, 3.05) is 27.3 Å². The monoisotopic (exact) mass is 594 g/mol. The SMILES string of the molecule is COC(=O)c1cccc(O)c1C(=O)c1c(O)cc(C(=O)O[C@@H]2CN(C(=O)OC)C[C@H]2NC(=O)c2ccc(O)cc2)cc1O. The first-order valence-electron chi connectivity index (χ1n) is 12.6. The van der Waals surface area contributed by atoms with Gasteiger partial charge in [0, 0.05) is 12.1 Å². The molecule has 43 heavy (non-hydrogen) atoms. The predicted molar refractivity (Wildman–Crippen MR) is 145 cm³/mol. The number of nitrogens with zero attached hydrogens (tertiary/aromatic N) is 1. The predicted octanol–water partition coefficient (Wildman–Crippen LogP) is 1.93. The number of methoxy groups -OCH3 is 2. The van der Waals surface area contributed by atoms with Crippen LogP contribution in [0.3, 0.4) is 0 Å². The van der Waals surface area contributed by atoms with E-state index in [1.807, 2.05) is 0 Å². The van der Waals surface area contributed by atoms with Crippen LogP contribution in [0, 0.1) is 0 Å². The van der Waals surface area contributed by atoms with E-state index in [0.717, 1.165) is 32.4 Å². The number of hydrogen-bond acceptors (Lipinski definition) is 12. The minimum atomic E-state index is -1.13. The average molecular weight is 595 g/mol. The Morgan fingerprint density at radius 2 is 1.42 bits per heavy atom. The van der Waals surface area contributed by atoms with Gasteiger partial charge in [-0.1, -0.05) is 6.07 Å². The standard InChI is InChI=1S/C29H26N2O12/c1-41-28(39)17-4-3-5-19(33)23(17)25(36)24-20(34)10-15(11-21(24)35)27(38)43-22-13-31(29(40)42-2)12-18(22)30-26(37)14-6-8-16(32)9-7-14/h3-11,18,22,32-35H,12-13H2,1-2H3,(H,30,37)/t18-,22-/m1/s1. The van der Waals surface area contributed by atoms with Gasteiger partial charge in [0.05, 0.1) is 43.5 Å². The molecule has 0 bridgehead atoms. The van der Waals surface area contributed by atoms with Gasteiger partial charge in [0.1, 0.15) is 34.7 Å². The number of benzene rings is 3. The number of esters is 2. The Morgan fingerprint density at radius 1 is 0.767 bits per heavy atom. The van der Waals surface area contributed by atoms with E-state index < -0.39 is 75.8 Å². The molecular weight excluding hydrogens is 568 g/mol. The summed E-state index contributed by atoms with van der Waals surface area (Å²) < 4.78 is 14.9. The van der Waals surface area contributed by atoms with Crippen LogP contribution >= 0.6 is 0 Å². The van der Waals surface area contributed by atoms with Crippen molar-refractivity contribution in [2.24, 2.45) is 0 Å². The van der Waals surface area contributed by atoms with Gasteiger partial charge in [-0.25, -0.2) is 14.4 Å². The Morgan fingerprint density at radius 3 is 2.02 bits per heavy atom. The number of hydrogen-bond donors (Lipinski definition) is 5. The van der Waals surface area contributed by atoms with Gasteiger partial charge < -0.3 is 44.9 Å². The average Bonchev–Trinajstić information content (AvgIpc) is 3.37. The maximum absolute atomic E-state index is 13.2. The highest BCUT2D eigenvalue weighted by atomic mass is 16.6. The summed E-state index contributed by atoms with van der Waals surface area (Å²) in [6.45, 7) is -0.251. The van der Waals surface area contributed by atoms with Gasteiger partial charge in [0.15, 0.2) is 0 Å². The van der Waals surface area contributed by atoms with Crippen LogP contribution in [0.5, 0.6) is 23.0 Å². The normalized spacial score (nSPS) is 15.8. The summed E-state index contributed by atoms with van der Waals surface area (Å²) in [5, 5.41) is 43.6. The highest BCUT2D eigenvalue weighted by Gasteiger charge is 2.40. The van der Waals surface area contributed by atoms with E-state index in [2.05, 4.69) is 10.1 Å². The van der Waals surface area contributed by atoms with E-state index in [0.29, 0.717) is 0 Å². The molecule has 3 aromatic rings. The first-order chi connectivity index (χ1) is 20.4. The highest BCUT2D eigenvalue weighted by molar-refractivity contribution is 6.18. The Bertz CT molecular complexity index is 1580. The maximum atomic E-state index is 13.2. The van der Waals surface area contributed by atoms with E-state index >= 15 is 0 Å². The van der Waals surface area contributed by atoms with Crippen molar-refractivity contribution in [2.45, 2.75) is 12.1 Å². The van der Waals surface area contributed by atoms with Crippen LogP contribution in [0.2, 0.25) is 0 Å². The number of carbonyl (C=O) groups is 5. The fourth-order valence-corrected chi connectivity index (χ4v) is 4.53. The molecule has 0 unspecified atom stereocenters. The summed E-state index contributed by atoms with van der Waals surface area (Å²) in [6, 6.07) is 9.76. The third kappa shape index (κ3) is 6.27. The van der Waals surface area contributed by atoms with Crippen molar-refractivity contribution in [3.05, 3.63) is 82.4 Å². The van der Waals surface area contributed by atoms with E-state index in [1.54, 1.807) is 0 Å². The molecule has 1 aliphatic rings. The summed E-state index contributed by atoms with van der Waals surface area (Å²) in [4.78, 5) is 64.5. The van der Waals surface area contributed by atoms with Crippen molar-refractivity contribution in [1.29, 1.82) is 0 Å². The van der Waals surface area contributed by atoms with Gasteiger partial charge in [-0.2, -0.15) is 0 Å². The molecule has 224 valence electrons. The van der Waals surface area contributed by atoms with Crippen molar-refractivity contribution in [1.82, 2.24) is 10.2 Å². The Kier molecular flexibility index (Phi) is 8.69.